The summed E-state index contributed by atoms with van der Waals surface area (Å²) in [6, 6.07) is 16.1. The quantitative estimate of drug-likeness (QED) is 0.674. The summed E-state index contributed by atoms with van der Waals surface area (Å²) < 4.78 is 11.1. The molecule has 1 atom stereocenters. The summed E-state index contributed by atoms with van der Waals surface area (Å²) in [6.07, 6.45) is 2.16. The number of rotatable bonds is 5. The Bertz CT molecular complexity index is 1000. The molecule has 0 saturated carbocycles. The molecule has 1 amide bonds. The van der Waals surface area contributed by atoms with Crippen molar-refractivity contribution in [3.63, 3.8) is 0 Å². The monoisotopic (exact) mass is 377 g/mol. The number of benzene rings is 1. The van der Waals surface area contributed by atoms with E-state index in [-0.39, 0.29) is 18.6 Å². The van der Waals surface area contributed by atoms with Gasteiger partial charge in [-0.05, 0) is 35.7 Å². The number of hydrogen-bond acceptors (Lipinski definition) is 6. The maximum absolute atomic E-state index is 12.8. The number of carbonyl (C=O) groups excluding carboxylic acids is 1. The smallest absolute Gasteiger partial charge is 0.281 e. The highest BCUT2D eigenvalue weighted by atomic mass is 32.1. The first-order valence-electron chi connectivity index (χ1n) is 8.35. The largest absolute Gasteiger partial charge is 0.482 e. The lowest BCUT2D eigenvalue weighted by Crippen LogP contribution is -2.31. The van der Waals surface area contributed by atoms with Gasteiger partial charge in [0.1, 0.15) is 23.6 Å². The van der Waals surface area contributed by atoms with Crippen LogP contribution in [0.5, 0.6) is 5.75 Å². The minimum absolute atomic E-state index is 0.211. The molecular formula is C20H15N3O3S. The van der Waals surface area contributed by atoms with Gasteiger partial charge in [0, 0.05) is 6.42 Å². The zero-order chi connectivity index (χ0) is 18.6. The zero-order valence-electron chi connectivity index (χ0n) is 14.2. The van der Waals surface area contributed by atoms with Crippen LogP contribution < -0.4 is 4.74 Å². The molecule has 1 aromatic carbocycles. The van der Waals surface area contributed by atoms with Gasteiger partial charge in [-0.1, -0.05) is 18.2 Å². The number of thiophene rings is 1. The number of hydrogen-bond donors (Lipinski definition) is 0. The Balaban J connectivity index is 1.55. The molecule has 2 aromatic heterocycles. The molecule has 0 saturated heterocycles. The van der Waals surface area contributed by atoms with Crippen molar-refractivity contribution in [1.82, 2.24) is 5.01 Å². The lowest BCUT2D eigenvalue weighted by Gasteiger charge is -2.20. The molecule has 0 unspecified atom stereocenters. The maximum Gasteiger partial charge on any atom is 0.281 e. The van der Waals surface area contributed by atoms with Gasteiger partial charge >= 0.3 is 0 Å². The first kappa shape index (κ1) is 17.1. The summed E-state index contributed by atoms with van der Waals surface area (Å²) >= 11 is 1.58. The number of amides is 1. The van der Waals surface area contributed by atoms with Crippen molar-refractivity contribution >= 4 is 23.0 Å². The fourth-order valence-electron chi connectivity index (χ4n) is 2.92. The van der Waals surface area contributed by atoms with Crippen molar-refractivity contribution in [2.45, 2.75) is 12.5 Å². The topological polar surface area (TPSA) is 78.8 Å². The van der Waals surface area contributed by atoms with Gasteiger partial charge in [-0.15, -0.1) is 11.3 Å². The van der Waals surface area contributed by atoms with Gasteiger partial charge in [-0.3, -0.25) is 4.79 Å². The van der Waals surface area contributed by atoms with Gasteiger partial charge in [-0.2, -0.15) is 10.4 Å². The van der Waals surface area contributed by atoms with Crippen LogP contribution in [0, 0.1) is 11.3 Å². The predicted molar refractivity (Wildman–Crippen MR) is 100 cm³/mol. The SMILES string of the molecule is N#Cc1ccccc1OCC(=O)N1N=C(c2cccs2)C[C@H]1c1ccco1. The van der Waals surface area contributed by atoms with E-state index in [1.807, 2.05) is 23.6 Å². The highest BCUT2D eigenvalue weighted by Crippen LogP contribution is 2.34. The van der Waals surface area contributed by atoms with Crippen molar-refractivity contribution in [1.29, 1.82) is 5.26 Å². The molecule has 0 radical (unpaired) electrons. The summed E-state index contributed by atoms with van der Waals surface area (Å²) in [5.41, 5.74) is 1.23. The van der Waals surface area contributed by atoms with Crippen LogP contribution in [0.4, 0.5) is 0 Å². The number of furan rings is 1. The summed E-state index contributed by atoms with van der Waals surface area (Å²) in [4.78, 5) is 13.8. The molecule has 27 heavy (non-hydrogen) atoms. The van der Waals surface area contributed by atoms with Crippen LogP contribution in [-0.4, -0.2) is 23.2 Å². The summed E-state index contributed by atoms with van der Waals surface area (Å²) in [7, 11) is 0. The minimum Gasteiger partial charge on any atom is -0.482 e. The van der Waals surface area contributed by atoms with Gasteiger partial charge in [0.15, 0.2) is 6.61 Å². The normalized spacial score (nSPS) is 16.0. The van der Waals surface area contributed by atoms with Crippen LogP contribution in [-0.2, 0) is 4.79 Å². The van der Waals surface area contributed by atoms with Crippen LogP contribution >= 0.6 is 11.3 Å². The predicted octanol–water partition coefficient (Wildman–Crippen LogP) is 3.97. The van der Waals surface area contributed by atoms with Gasteiger partial charge in [0.25, 0.3) is 5.91 Å². The van der Waals surface area contributed by atoms with E-state index in [9.17, 15) is 4.79 Å². The Kier molecular flexibility index (Phi) is 4.73. The van der Waals surface area contributed by atoms with Crippen LogP contribution in [0.25, 0.3) is 0 Å². The Morgan fingerprint density at radius 2 is 2.19 bits per heavy atom. The third-order valence-electron chi connectivity index (χ3n) is 4.20. The Morgan fingerprint density at radius 3 is 2.93 bits per heavy atom. The highest BCUT2D eigenvalue weighted by Gasteiger charge is 2.35. The second-order valence-corrected chi connectivity index (χ2v) is 6.84. The van der Waals surface area contributed by atoms with Crippen molar-refractivity contribution in [2.75, 3.05) is 6.61 Å². The van der Waals surface area contributed by atoms with E-state index >= 15 is 0 Å². The maximum atomic E-state index is 12.8. The van der Waals surface area contributed by atoms with E-state index in [1.165, 1.54) is 5.01 Å². The second-order valence-electron chi connectivity index (χ2n) is 5.89. The molecular weight excluding hydrogens is 362 g/mol. The molecule has 0 fully saturated rings. The standard InChI is InChI=1S/C20H15N3O3S/c21-12-14-5-1-2-6-17(14)26-13-20(24)23-16(18-7-3-9-25-18)11-15(22-23)19-8-4-10-27-19/h1-10,16H,11,13H2/t16-/m0/s1. The molecule has 4 rings (SSSR count). The van der Waals surface area contributed by atoms with Crippen LogP contribution in [0.2, 0.25) is 0 Å². The number of nitriles is 1. The first-order chi connectivity index (χ1) is 13.3. The van der Waals surface area contributed by atoms with E-state index in [2.05, 4.69) is 11.2 Å². The first-order valence-corrected chi connectivity index (χ1v) is 9.23. The molecule has 0 aliphatic carbocycles. The molecule has 3 heterocycles. The molecule has 0 bridgehead atoms. The number of ether oxygens (including phenoxy) is 1. The highest BCUT2D eigenvalue weighted by molar-refractivity contribution is 7.12. The van der Waals surface area contributed by atoms with E-state index in [1.54, 1.807) is 47.9 Å². The second kappa shape index (κ2) is 7.48. The average molecular weight is 377 g/mol. The molecule has 3 aromatic rings. The van der Waals surface area contributed by atoms with E-state index in [0.29, 0.717) is 23.5 Å². The van der Waals surface area contributed by atoms with E-state index in [0.717, 1.165) is 10.6 Å². The molecule has 7 heteroatoms. The summed E-state index contributed by atoms with van der Waals surface area (Å²) in [6.45, 7) is -0.211. The fourth-order valence-corrected chi connectivity index (χ4v) is 3.65. The molecule has 134 valence electrons. The lowest BCUT2D eigenvalue weighted by molar-refractivity contribution is -0.135. The minimum atomic E-state index is -0.306. The van der Waals surface area contributed by atoms with Crippen LogP contribution in [0.15, 0.2) is 69.7 Å². The van der Waals surface area contributed by atoms with Gasteiger partial charge in [-0.25, -0.2) is 5.01 Å². The van der Waals surface area contributed by atoms with Crippen molar-refractivity contribution < 1.29 is 13.9 Å². The van der Waals surface area contributed by atoms with Crippen molar-refractivity contribution in [3.05, 3.63) is 76.4 Å². The molecule has 1 aliphatic heterocycles. The molecule has 0 spiro atoms. The average Bonchev–Trinajstić information content (AvgIpc) is 3.46. The number of carbonyl (C=O) groups is 1. The summed E-state index contributed by atoms with van der Waals surface area (Å²) in [5.74, 6) is 0.760. The zero-order valence-corrected chi connectivity index (χ0v) is 15.1. The molecule has 0 N–H and O–H groups in total. The number of hydrazone groups is 1. The van der Waals surface area contributed by atoms with Crippen LogP contribution in [0.3, 0.4) is 0 Å². The molecule has 1 aliphatic rings. The summed E-state index contributed by atoms with van der Waals surface area (Å²) in [5, 5.41) is 17.1. The fraction of sp³-hybridized carbons (Fsp3) is 0.150. The van der Waals surface area contributed by atoms with Gasteiger partial charge in [0.2, 0.25) is 0 Å². The van der Waals surface area contributed by atoms with Gasteiger partial charge in [0.05, 0.1) is 22.4 Å². The van der Waals surface area contributed by atoms with Crippen molar-refractivity contribution in [2.24, 2.45) is 5.10 Å². The van der Waals surface area contributed by atoms with Gasteiger partial charge < -0.3 is 9.15 Å². The Morgan fingerprint density at radius 1 is 1.30 bits per heavy atom. The van der Waals surface area contributed by atoms with E-state index in [4.69, 9.17) is 14.4 Å². The third kappa shape index (κ3) is 3.48. The lowest BCUT2D eigenvalue weighted by atomic mass is 10.1. The Labute approximate surface area is 159 Å². The number of para-hydroxylation sites is 1. The van der Waals surface area contributed by atoms with Crippen LogP contribution in [0.1, 0.15) is 28.7 Å². The van der Waals surface area contributed by atoms with Crippen molar-refractivity contribution in [3.8, 4) is 11.8 Å². The third-order valence-corrected chi connectivity index (χ3v) is 5.12. The molecule has 6 nitrogen and oxygen atoms in total. The Hall–Kier alpha value is -3.37. The van der Waals surface area contributed by atoms with E-state index < -0.39 is 0 Å². The number of nitrogens with zero attached hydrogens (tertiary/aromatic N) is 3.